The average Bonchev–Trinajstić information content (AvgIpc) is 3.00. The summed E-state index contributed by atoms with van der Waals surface area (Å²) >= 11 is 1.21. The number of anilines is 1. The summed E-state index contributed by atoms with van der Waals surface area (Å²) in [6, 6.07) is 5.85. The molecule has 3 N–H and O–H groups in total. The molecule has 1 aromatic rings. The molecule has 1 aliphatic heterocycles. The van der Waals surface area contributed by atoms with Crippen LogP contribution in [0.2, 0.25) is 0 Å². The number of rotatable bonds is 5. The average molecular weight is 417 g/mol. The Morgan fingerprint density at radius 2 is 1.72 bits per heavy atom. The lowest BCUT2D eigenvalue weighted by molar-refractivity contribution is -0.122. The van der Waals surface area contributed by atoms with Gasteiger partial charge in [-0.15, -0.1) is 5.10 Å². The van der Waals surface area contributed by atoms with Crippen LogP contribution in [-0.2, 0) is 9.59 Å². The van der Waals surface area contributed by atoms with Gasteiger partial charge in [0.25, 0.3) is 0 Å². The number of amides is 2. The summed E-state index contributed by atoms with van der Waals surface area (Å²) in [5.41, 5.74) is 1.69. The van der Waals surface area contributed by atoms with E-state index in [9.17, 15) is 14.4 Å². The fourth-order valence-electron chi connectivity index (χ4n) is 3.19. The van der Waals surface area contributed by atoms with Crippen LogP contribution in [-0.4, -0.2) is 39.0 Å². The minimum atomic E-state index is -1.03. The van der Waals surface area contributed by atoms with Crippen molar-refractivity contribution >= 4 is 46.1 Å². The highest BCUT2D eigenvalue weighted by Crippen LogP contribution is 2.23. The number of nitrogens with one attached hydrogen (secondary N) is 2. The van der Waals surface area contributed by atoms with Crippen LogP contribution in [0.25, 0.3) is 0 Å². The minimum absolute atomic E-state index is 0.00717. The van der Waals surface area contributed by atoms with Crippen LogP contribution in [0.4, 0.5) is 5.69 Å². The second-order valence-corrected chi connectivity index (χ2v) is 8.26. The van der Waals surface area contributed by atoms with Crippen LogP contribution in [0.3, 0.4) is 0 Å². The maximum atomic E-state index is 12.2. The van der Waals surface area contributed by atoms with Crippen molar-refractivity contribution in [1.29, 1.82) is 0 Å². The van der Waals surface area contributed by atoms with Gasteiger partial charge in [-0.2, -0.15) is 5.10 Å². The number of thioether (sulfide) groups is 1. The van der Waals surface area contributed by atoms with E-state index >= 15 is 0 Å². The molecule has 0 spiro atoms. The first-order chi connectivity index (χ1) is 14.0. The smallest absolute Gasteiger partial charge is 0.335 e. The Morgan fingerprint density at radius 1 is 1.07 bits per heavy atom. The lowest BCUT2D eigenvalue weighted by Gasteiger charge is -2.09. The molecule has 0 radical (unpaired) electrons. The summed E-state index contributed by atoms with van der Waals surface area (Å²) in [7, 11) is 0. The Bertz CT molecular complexity index is 825. The Kier molecular flexibility index (Phi) is 7.40. The van der Waals surface area contributed by atoms with Crippen molar-refractivity contribution in [3.8, 4) is 0 Å². The predicted octanol–water partition coefficient (Wildman–Crippen LogP) is 3.40. The van der Waals surface area contributed by atoms with Gasteiger partial charge in [0.05, 0.1) is 5.56 Å². The number of benzene rings is 1. The first-order valence-corrected chi connectivity index (χ1v) is 10.6. The van der Waals surface area contributed by atoms with Gasteiger partial charge in [-0.25, -0.2) is 4.79 Å². The van der Waals surface area contributed by atoms with E-state index < -0.39 is 11.2 Å². The van der Waals surface area contributed by atoms with Crippen molar-refractivity contribution in [1.82, 2.24) is 5.32 Å². The molecule has 2 amide bonds. The van der Waals surface area contributed by atoms with E-state index in [-0.39, 0.29) is 23.8 Å². The van der Waals surface area contributed by atoms with Gasteiger partial charge < -0.3 is 15.7 Å². The van der Waals surface area contributed by atoms with Crippen LogP contribution in [0.1, 0.15) is 61.7 Å². The number of amidine groups is 1. The van der Waals surface area contributed by atoms with Crippen LogP contribution in [0.5, 0.6) is 0 Å². The number of hydrogen-bond donors (Lipinski definition) is 3. The highest BCUT2D eigenvalue weighted by molar-refractivity contribution is 8.15. The number of carboxylic acid groups (broad SMARTS) is 1. The molecule has 1 saturated carbocycles. The summed E-state index contributed by atoms with van der Waals surface area (Å²) in [5.74, 6) is -1.62. The monoisotopic (exact) mass is 416 g/mol. The number of nitrogens with zero attached hydrogens (tertiary/aromatic N) is 2. The Balaban J connectivity index is 1.53. The lowest BCUT2D eigenvalue weighted by Crippen LogP contribution is -2.28. The van der Waals surface area contributed by atoms with E-state index in [1.807, 2.05) is 0 Å². The number of aromatic carboxylic acids is 1. The van der Waals surface area contributed by atoms with Crippen molar-refractivity contribution in [2.24, 2.45) is 10.2 Å². The van der Waals surface area contributed by atoms with E-state index in [0.717, 1.165) is 31.4 Å². The maximum Gasteiger partial charge on any atom is 0.335 e. The zero-order chi connectivity index (χ0) is 20.6. The van der Waals surface area contributed by atoms with Gasteiger partial charge in [-0.05, 0) is 49.9 Å². The second-order valence-electron chi connectivity index (χ2n) is 7.07. The lowest BCUT2D eigenvalue weighted by atomic mass is 9.99. The molecule has 1 heterocycles. The van der Waals surface area contributed by atoms with E-state index in [0.29, 0.717) is 10.9 Å². The molecule has 1 aromatic carbocycles. The van der Waals surface area contributed by atoms with Crippen molar-refractivity contribution in [2.75, 3.05) is 5.32 Å². The molecule has 8 nitrogen and oxygen atoms in total. The highest BCUT2D eigenvalue weighted by Gasteiger charge is 2.32. The van der Waals surface area contributed by atoms with Gasteiger partial charge >= 0.3 is 5.97 Å². The van der Waals surface area contributed by atoms with Gasteiger partial charge in [0.2, 0.25) is 11.8 Å². The zero-order valence-electron chi connectivity index (χ0n) is 16.0. The third-order valence-electron chi connectivity index (χ3n) is 4.78. The number of hydrogen-bond acceptors (Lipinski definition) is 6. The molecule has 1 saturated heterocycles. The van der Waals surface area contributed by atoms with Gasteiger partial charge in [0.1, 0.15) is 5.25 Å². The SMILES string of the molecule is O=C(CC1S/C(=N\N=C2CCCCCCC2)NC1=O)Nc1ccc(C(=O)O)cc1. The zero-order valence-corrected chi connectivity index (χ0v) is 16.8. The molecular formula is C20H24N4O4S. The number of carbonyl (C=O) groups excluding carboxylic acids is 2. The first kappa shape index (κ1) is 21.0. The summed E-state index contributed by atoms with van der Waals surface area (Å²) in [4.78, 5) is 35.2. The first-order valence-electron chi connectivity index (χ1n) is 9.75. The molecule has 1 atom stereocenters. The highest BCUT2D eigenvalue weighted by atomic mass is 32.2. The summed E-state index contributed by atoms with van der Waals surface area (Å²) in [6.07, 6.45) is 7.85. The van der Waals surface area contributed by atoms with E-state index in [4.69, 9.17) is 5.11 Å². The molecule has 3 rings (SSSR count). The number of carbonyl (C=O) groups is 3. The minimum Gasteiger partial charge on any atom is -0.478 e. The standard InChI is InChI=1S/C20H24N4O4S/c25-17(21-14-10-8-13(9-11-14)19(27)28)12-16-18(26)22-20(29-16)24-23-15-6-4-2-1-3-5-7-15/h8-11,16H,1-7,12H2,(H,21,25)(H,27,28)(H,22,24,26). The Labute approximate surface area is 173 Å². The van der Waals surface area contributed by atoms with Crippen molar-refractivity contribution in [2.45, 2.75) is 56.6 Å². The van der Waals surface area contributed by atoms with Crippen LogP contribution < -0.4 is 10.6 Å². The second kappa shape index (κ2) is 10.2. The summed E-state index contributed by atoms with van der Waals surface area (Å²) < 4.78 is 0. The van der Waals surface area contributed by atoms with Gasteiger partial charge in [-0.3, -0.25) is 9.59 Å². The topological polar surface area (TPSA) is 120 Å². The van der Waals surface area contributed by atoms with Crippen molar-refractivity contribution in [3.05, 3.63) is 29.8 Å². The molecule has 154 valence electrons. The van der Waals surface area contributed by atoms with E-state index in [2.05, 4.69) is 20.8 Å². The van der Waals surface area contributed by atoms with Crippen molar-refractivity contribution < 1.29 is 19.5 Å². The van der Waals surface area contributed by atoms with Gasteiger partial charge in [0, 0.05) is 17.8 Å². The fraction of sp³-hybridized carbons (Fsp3) is 0.450. The van der Waals surface area contributed by atoms with Crippen LogP contribution >= 0.6 is 11.8 Å². The van der Waals surface area contributed by atoms with Gasteiger partial charge in [0.15, 0.2) is 5.17 Å². The summed E-state index contributed by atoms with van der Waals surface area (Å²) in [6.45, 7) is 0. The molecule has 1 unspecified atom stereocenters. The normalized spacial score (nSPS) is 21.2. The molecule has 29 heavy (non-hydrogen) atoms. The summed E-state index contributed by atoms with van der Waals surface area (Å²) in [5, 5.41) is 22.6. The van der Waals surface area contributed by atoms with Crippen LogP contribution in [0.15, 0.2) is 34.5 Å². The van der Waals surface area contributed by atoms with E-state index in [1.54, 1.807) is 0 Å². The quantitative estimate of drug-likeness (QED) is 0.636. The molecule has 2 aliphatic rings. The molecule has 2 fully saturated rings. The molecule has 9 heteroatoms. The van der Waals surface area contributed by atoms with Crippen molar-refractivity contribution in [3.63, 3.8) is 0 Å². The van der Waals surface area contributed by atoms with E-state index in [1.165, 1.54) is 55.3 Å². The largest absolute Gasteiger partial charge is 0.478 e. The fourth-order valence-corrected chi connectivity index (χ4v) is 4.11. The third-order valence-corrected chi connectivity index (χ3v) is 5.85. The Hall–Kier alpha value is -2.68. The molecule has 1 aliphatic carbocycles. The molecule has 0 bridgehead atoms. The Morgan fingerprint density at radius 3 is 2.38 bits per heavy atom. The third kappa shape index (κ3) is 6.42. The van der Waals surface area contributed by atoms with Crippen LogP contribution in [0, 0.1) is 0 Å². The molecular weight excluding hydrogens is 392 g/mol. The molecule has 0 aromatic heterocycles. The predicted molar refractivity (Wildman–Crippen MR) is 113 cm³/mol. The van der Waals surface area contributed by atoms with Gasteiger partial charge in [-0.1, -0.05) is 31.0 Å². The maximum absolute atomic E-state index is 12.2. The number of carboxylic acids is 1.